The third kappa shape index (κ3) is 3.25. The number of nitrogens with one attached hydrogen (secondary N) is 1. The van der Waals surface area contributed by atoms with Gasteiger partial charge in [0.25, 0.3) is 15.9 Å². The predicted octanol–water partition coefficient (Wildman–Crippen LogP) is 1.75. The molecule has 0 spiro atoms. The van der Waals surface area contributed by atoms with E-state index in [1.165, 1.54) is 12.1 Å². The van der Waals surface area contributed by atoms with Crippen LogP contribution in [0.1, 0.15) is 34.0 Å². The first-order valence-corrected chi connectivity index (χ1v) is 10.4. The Balaban J connectivity index is 1.67. The molecule has 12 heteroatoms. The number of carbonyl (C=O) groups excluding carboxylic acids is 1. The van der Waals surface area contributed by atoms with Gasteiger partial charge >= 0.3 is 5.76 Å². The summed E-state index contributed by atoms with van der Waals surface area (Å²) in [5.74, 6) is -5.13. The SMILES string of the molecule is Nc1c2c(nn1C(=O)C1CCNc3ccc(F)cc31)CN(S(=O)(=O)C(F)F)CC2. The molecule has 0 amide bonds. The summed E-state index contributed by atoms with van der Waals surface area (Å²) in [5, 5.41) is 7.22. The Morgan fingerprint density at radius 3 is 2.83 bits per heavy atom. The van der Waals surface area contributed by atoms with Gasteiger partial charge in [-0.2, -0.15) is 22.9 Å². The van der Waals surface area contributed by atoms with E-state index in [0.29, 0.717) is 34.1 Å². The molecule has 0 bridgehead atoms. The van der Waals surface area contributed by atoms with E-state index >= 15 is 0 Å². The third-order valence-electron chi connectivity index (χ3n) is 5.27. The number of anilines is 2. The van der Waals surface area contributed by atoms with Crippen molar-refractivity contribution in [1.29, 1.82) is 0 Å². The molecule has 2 aliphatic heterocycles. The lowest BCUT2D eigenvalue weighted by Gasteiger charge is -2.25. The summed E-state index contributed by atoms with van der Waals surface area (Å²) in [6.45, 7) is -0.0641. The largest absolute Gasteiger partial charge is 0.385 e. The number of sulfonamides is 1. The second kappa shape index (κ2) is 7.02. The smallest absolute Gasteiger partial charge is 0.350 e. The van der Waals surface area contributed by atoms with Crippen molar-refractivity contribution < 1.29 is 26.4 Å². The molecule has 156 valence electrons. The molecule has 3 N–H and O–H groups in total. The Bertz CT molecular complexity index is 1090. The number of rotatable bonds is 3. The fraction of sp³-hybridized carbons (Fsp3) is 0.412. The summed E-state index contributed by atoms with van der Waals surface area (Å²) in [6, 6.07) is 4.12. The lowest BCUT2D eigenvalue weighted by molar-refractivity contribution is 0.0859. The maximum atomic E-state index is 13.7. The average Bonchev–Trinajstić information content (AvgIpc) is 3.03. The minimum atomic E-state index is -4.76. The zero-order chi connectivity index (χ0) is 20.9. The van der Waals surface area contributed by atoms with Gasteiger partial charge in [-0.25, -0.2) is 12.8 Å². The van der Waals surface area contributed by atoms with Crippen LogP contribution in [0, 0.1) is 5.82 Å². The molecule has 0 saturated heterocycles. The summed E-state index contributed by atoms with van der Waals surface area (Å²) in [5.41, 5.74) is 7.82. The quantitative estimate of drug-likeness (QED) is 0.769. The zero-order valence-corrected chi connectivity index (χ0v) is 15.9. The molecule has 0 radical (unpaired) electrons. The maximum Gasteiger partial charge on any atom is 0.350 e. The number of halogens is 3. The first-order valence-electron chi connectivity index (χ1n) is 8.91. The van der Waals surface area contributed by atoms with E-state index in [1.54, 1.807) is 6.07 Å². The van der Waals surface area contributed by atoms with E-state index in [1.807, 2.05) is 0 Å². The molecule has 1 aromatic carbocycles. The van der Waals surface area contributed by atoms with Crippen molar-refractivity contribution in [3.63, 3.8) is 0 Å². The summed E-state index contributed by atoms with van der Waals surface area (Å²) in [7, 11) is -4.76. The Morgan fingerprint density at radius 2 is 2.10 bits per heavy atom. The van der Waals surface area contributed by atoms with Crippen LogP contribution in [0.15, 0.2) is 18.2 Å². The second-order valence-corrected chi connectivity index (χ2v) is 8.85. The molecule has 0 fully saturated rings. The van der Waals surface area contributed by atoms with Crippen molar-refractivity contribution >= 4 is 27.4 Å². The predicted molar refractivity (Wildman–Crippen MR) is 98.6 cm³/mol. The van der Waals surface area contributed by atoms with Crippen molar-refractivity contribution in [2.75, 3.05) is 24.1 Å². The molecule has 4 rings (SSSR count). The molecule has 2 aromatic rings. The topological polar surface area (TPSA) is 110 Å². The Hall–Kier alpha value is -2.60. The van der Waals surface area contributed by atoms with Gasteiger partial charge in [-0.1, -0.05) is 0 Å². The molecule has 0 aliphatic carbocycles. The van der Waals surface area contributed by atoms with Gasteiger partial charge in [-0.05, 0) is 36.6 Å². The number of hydrogen-bond donors (Lipinski definition) is 2. The standard InChI is InChI=1S/C17H18F3N5O3S/c18-9-1-2-13-12(7-9)10(3-5-22-13)16(26)25-15(21)11-4-6-24(8-14(11)23-25)29(27,28)17(19)20/h1-2,7,10,17,22H,3-6,8,21H2. The van der Waals surface area contributed by atoms with Crippen LogP contribution in [0.3, 0.4) is 0 Å². The van der Waals surface area contributed by atoms with Crippen LogP contribution >= 0.6 is 0 Å². The fourth-order valence-electron chi connectivity index (χ4n) is 3.78. The van der Waals surface area contributed by atoms with Crippen LogP contribution in [0.25, 0.3) is 0 Å². The van der Waals surface area contributed by atoms with Crippen LogP contribution in [0.5, 0.6) is 0 Å². The first kappa shape index (κ1) is 19.7. The molecule has 29 heavy (non-hydrogen) atoms. The zero-order valence-electron chi connectivity index (χ0n) is 15.1. The highest BCUT2D eigenvalue weighted by Crippen LogP contribution is 2.35. The van der Waals surface area contributed by atoms with Crippen LogP contribution < -0.4 is 11.1 Å². The van der Waals surface area contributed by atoms with Gasteiger partial charge < -0.3 is 11.1 Å². The molecular formula is C17H18F3N5O3S. The summed E-state index contributed by atoms with van der Waals surface area (Å²) in [6.07, 6.45) is 0.461. The van der Waals surface area contributed by atoms with Crippen molar-refractivity contribution in [3.8, 4) is 0 Å². The summed E-state index contributed by atoms with van der Waals surface area (Å²) >= 11 is 0. The number of benzene rings is 1. The van der Waals surface area contributed by atoms with E-state index in [9.17, 15) is 26.4 Å². The maximum absolute atomic E-state index is 13.7. The van der Waals surface area contributed by atoms with Crippen LogP contribution in [0.2, 0.25) is 0 Å². The monoisotopic (exact) mass is 429 g/mol. The van der Waals surface area contributed by atoms with Crippen LogP contribution in [-0.2, 0) is 23.0 Å². The van der Waals surface area contributed by atoms with Gasteiger partial charge in [0.1, 0.15) is 11.6 Å². The van der Waals surface area contributed by atoms with E-state index in [2.05, 4.69) is 10.4 Å². The highest BCUT2D eigenvalue weighted by atomic mass is 32.2. The van der Waals surface area contributed by atoms with Gasteiger partial charge in [0.15, 0.2) is 0 Å². The molecular weight excluding hydrogens is 411 g/mol. The van der Waals surface area contributed by atoms with Gasteiger partial charge in [-0.15, -0.1) is 0 Å². The first-order chi connectivity index (χ1) is 13.7. The van der Waals surface area contributed by atoms with Crippen molar-refractivity contribution in [1.82, 2.24) is 14.1 Å². The van der Waals surface area contributed by atoms with Crippen LogP contribution in [-0.4, -0.2) is 47.3 Å². The summed E-state index contributed by atoms with van der Waals surface area (Å²) in [4.78, 5) is 13.1. The molecule has 2 aliphatic rings. The van der Waals surface area contributed by atoms with E-state index in [0.717, 1.165) is 4.68 Å². The van der Waals surface area contributed by atoms with E-state index in [-0.39, 0.29) is 31.0 Å². The van der Waals surface area contributed by atoms with E-state index < -0.39 is 33.4 Å². The van der Waals surface area contributed by atoms with E-state index in [4.69, 9.17) is 5.73 Å². The third-order valence-corrected chi connectivity index (χ3v) is 6.75. The van der Waals surface area contributed by atoms with Crippen molar-refractivity contribution in [2.45, 2.75) is 31.1 Å². The number of nitrogen functional groups attached to an aromatic ring is 1. The Morgan fingerprint density at radius 1 is 1.34 bits per heavy atom. The Kier molecular flexibility index (Phi) is 4.77. The number of nitrogens with two attached hydrogens (primary N) is 1. The van der Waals surface area contributed by atoms with Crippen LogP contribution in [0.4, 0.5) is 24.7 Å². The molecule has 1 unspecified atom stereocenters. The minimum absolute atomic E-state index is 0.0515. The highest BCUT2D eigenvalue weighted by molar-refractivity contribution is 7.89. The van der Waals surface area contributed by atoms with Gasteiger partial charge in [0.05, 0.1) is 18.2 Å². The second-order valence-electron chi connectivity index (χ2n) is 6.95. The summed E-state index contributed by atoms with van der Waals surface area (Å²) < 4.78 is 64.5. The number of hydrogen-bond acceptors (Lipinski definition) is 6. The number of nitrogens with zero attached hydrogens (tertiary/aromatic N) is 3. The number of fused-ring (bicyclic) bond motifs is 2. The lowest BCUT2D eigenvalue weighted by atomic mass is 9.90. The number of alkyl halides is 2. The molecule has 1 aromatic heterocycles. The van der Waals surface area contributed by atoms with Gasteiger partial charge in [0, 0.05) is 24.3 Å². The average molecular weight is 429 g/mol. The molecule has 3 heterocycles. The highest BCUT2D eigenvalue weighted by Gasteiger charge is 2.38. The number of carbonyl (C=O) groups is 1. The number of aromatic nitrogens is 2. The minimum Gasteiger partial charge on any atom is -0.385 e. The van der Waals surface area contributed by atoms with Gasteiger partial charge in [-0.3, -0.25) is 4.79 Å². The molecule has 8 nitrogen and oxygen atoms in total. The van der Waals surface area contributed by atoms with Crippen molar-refractivity contribution in [3.05, 3.63) is 40.8 Å². The fourth-order valence-corrected chi connectivity index (χ4v) is 4.66. The molecule has 1 atom stereocenters. The molecule has 0 saturated carbocycles. The normalized spacial score (nSPS) is 19.5. The lowest BCUT2D eigenvalue weighted by Crippen LogP contribution is -2.39. The Labute approximate surface area is 164 Å². The van der Waals surface area contributed by atoms with Crippen molar-refractivity contribution in [2.24, 2.45) is 0 Å². The van der Waals surface area contributed by atoms with Gasteiger partial charge in [0.2, 0.25) is 0 Å².